The van der Waals surface area contributed by atoms with Crippen LogP contribution >= 0.6 is 15.9 Å². The third kappa shape index (κ3) is 5.40. The topological polar surface area (TPSA) is 12.0 Å². The predicted molar refractivity (Wildman–Crippen MR) is 70.4 cm³/mol. The maximum atomic E-state index is 12.3. The molecule has 1 N–H and O–H groups in total. The molecular weight excluding hydrogens is 307 g/mol. The fraction of sp³-hybridized carbons (Fsp3) is 0.538. The van der Waals surface area contributed by atoms with E-state index in [0.29, 0.717) is 0 Å². The van der Waals surface area contributed by atoms with E-state index in [9.17, 15) is 13.2 Å². The van der Waals surface area contributed by atoms with Crippen molar-refractivity contribution in [3.05, 3.63) is 34.3 Å². The van der Waals surface area contributed by atoms with Crippen LogP contribution in [-0.4, -0.2) is 12.2 Å². The van der Waals surface area contributed by atoms with Crippen LogP contribution in [0.3, 0.4) is 0 Å². The van der Waals surface area contributed by atoms with Crippen molar-refractivity contribution in [2.75, 3.05) is 0 Å². The first kappa shape index (κ1) is 15.5. The molecule has 0 aliphatic heterocycles. The summed E-state index contributed by atoms with van der Waals surface area (Å²) in [6.45, 7) is 3.52. The minimum Gasteiger partial charge on any atom is -0.307 e. The quantitative estimate of drug-likeness (QED) is 0.818. The van der Waals surface area contributed by atoms with E-state index in [1.54, 1.807) is 6.92 Å². The molecule has 0 bridgehead atoms. The molecule has 2 unspecified atom stereocenters. The summed E-state index contributed by atoms with van der Waals surface area (Å²) in [6, 6.07) is 7.01. The van der Waals surface area contributed by atoms with Crippen molar-refractivity contribution in [3.63, 3.8) is 0 Å². The first-order valence-electron chi connectivity index (χ1n) is 5.90. The second-order valence-electron chi connectivity index (χ2n) is 4.40. The third-order valence-electron chi connectivity index (χ3n) is 2.70. The van der Waals surface area contributed by atoms with Gasteiger partial charge in [-0.05, 0) is 31.0 Å². The molecule has 1 aromatic rings. The maximum Gasteiger partial charge on any atom is 0.390 e. The Morgan fingerprint density at radius 1 is 1.22 bits per heavy atom. The van der Waals surface area contributed by atoms with E-state index in [-0.39, 0.29) is 6.04 Å². The van der Waals surface area contributed by atoms with Crippen molar-refractivity contribution in [2.45, 2.75) is 44.9 Å². The van der Waals surface area contributed by atoms with Gasteiger partial charge >= 0.3 is 6.18 Å². The molecular formula is C13H17BrF3N. The zero-order valence-corrected chi connectivity index (χ0v) is 12.0. The van der Waals surface area contributed by atoms with Crippen LogP contribution in [0.5, 0.6) is 0 Å². The standard InChI is InChI=1S/C13H17BrF3N/c1-3-12(10-4-6-11(14)7-5-10)18-9(2)8-13(15,16)17/h4-7,9,12,18H,3,8H2,1-2H3. The van der Waals surface area contributed by atoms with Gasteiger partial charge in [-0.15, -0.1) is 0 Å². The predicted octanol–water partition coefficient (Wildman–Crippen LogP) is 4.83. The smallest absolute Gasteiger partial charge is 0.307 e. The Bertz CT molecular complexity index is 361. The van der Waals surface area contributed by atoms with Crippen LogP contribution in [0.25, 0.3) is 0 Å². The van der Waals surface area contributed by atoms with Gasteiger partial charge in [-0.2, -0.15) is 13.2 Å². The second-order valence-corrected chi connectivity index (χ2v) is 5.32. The molecule has 0 aromatic heterocycles. The Balaban J connectivity index is 2.64. The monoisotopic (exact) mass is 323 g/mol. The molecule has 0 amide bonds. The highest BCUT2D eigenvalue weighted by molar-refractivity contribution is 9.10. The molecule has 0 aliphatic carbocycles. The SMILES string of the molecule is CCC(NC(C)CC(F)(F)F)c1ccc(Br)cc1. The molecule has 0 spiro atoms. The largest absolute Gasteiger partial charge is 0.390 e. The maximum absolute atomic E-state index is 12.3. The average molecular weight is 324 g/mol. The van der Waals surface area contributed by atoms with Crippen LogP contribution in [0.15, 0.2) is 28.7 Å². The summed E-state index contributed by atoms with van der Waals surface area (Å²) < 4.78 is 37.8. The fourth-order valence-electron chi connectivity index (χ4n) is 1.89. The highest BCUT2D eigenvalue weighted by Gasteiger charge is 2.30. The van der Waals surface area contributed by atoms with Crippen molar-refractivity contribution >= 4 is 15.9 Å². The minimum absolute atomic E-state index is 0.0459. The van der Waals surface area contributed by atoms with E-state index in [4.69, 9.17) is 0 Å². The van der Waals surface area contributed by atoms with Gasteiger partial charge in [0.1, 0.15) is 0 Å². The lowest BCUT2D eigenvalue weighted by atomic mass is 10.0. The number of benzene rings is 1. The summed E-state index contributed by atoms with van der Waals surface area (Å²) in [4.78, 5) is 0. The number of nitrogens with one attached hydrogen (secondary N) is 1. The number of alkyl halides is 3. The zero-order chi connectivity index (χ0) is 13.8. The van der Waals surface area contributed by atoms with E-state index in [2.05, 4.69) is 21.2 Å². The lowest BCUT2D eigenvalue weighted by molar-refractivity contribution is -0.139. The molecule has 5 heteroatoms. The third-order valence-corrected chi connectivity index (χ3v) is 3.23. The summed E-state index contributed by atoms with van der Waals surface area (Å²) in [5.41, 5.74) is 1.01. The van der Waals surface area contributed by atoms with E-state index in [1.807, 2.05) is 31.2 Å². The number of halogens is 4. The van der Waals surface area contributed by atoms with Gasteiger partial charge in [0.05, 0.1) is 6.42 Å². The van der Waals surface area contributed by atoms with Gasteiger partial charge < -0.3 is 5.32 Å². The summed E-state index contributed by atoms with van der Waals surface area (Å²) in [6.07, 6.45) is -4.17. The van der Waals surface area contributed by atoms with E-state index >= 15 is 0 Å². The van der Waals surface area contributed by atoms with Gasteiger partial charge in [-0.1, -0.05) is 35.0 Å². The lowest BCUT2D eigenvalue weighted by Gasteiger charge is -2.23. The van der Waals surface area contributed by atoms with Gasteiger partial charge in [0.15, 0.2) is 0 Å². The first-order chi connectivity index (χ1) is 8.31. The van der Waals surface area contributed by atoms with E-state index in [1.165, 1.54) is 0 Å². The molecule has 1 aromatic carbocycles. The van der Waals surface area contributed by atoms with Gasteiger partial charge in [0.2, 0.25) is 0 Å². The highest BCUT2D eigenvalue weighted by Crippen LogP contribution is 2.24. The van der Waals surface area contributed by atoms with Crippen LogP contribution < -0.4 is 5.32 Å². The van der Waals surface area contributed by atoms with Crippen LogP contribution in [0, 0.1) is 0 Å². The molecule has 1 nitrogen and oxygen atoms in total. The van der Waals surface area contributed by atoms with Crippen molar-refractivity contribution in [1.29, 1.82) is 0 Å². The van der Waals surface area contributed by atoms with Crippen molar-refractivity contribution in [3.8, 4) is 0 Å². The Morgan fingerprint density at radius 2 is 1.78 bits per heavy atom. The van der Waals surface area contributed by atoms with Crippen LogP contribution in [0.1, 0.15) is 38.3 Å². The van der Waals surface area contributed by atoms with Crippen molar-refractivity contribution < 1.29 is 13.2 Å². The van der Waals surface area contributed by atoms with Crippen molar-refractivity contribution in [1.82, 2.24) is 5.32 Å². The van der Waals surface area contributed by atoms with E-state index in [0.717, 1.165) is 16.5 Å². The van der Waals surface area contributed by atoms with Gasteiger partial charge in [0, 0.05) is 16.6 Å². The van der Waals surface area contributed by atoms with Crippen LogP contribution in [-0.2, 0) is 0 Å². The second kappa shape index (κ2) is 6.57. The highest BCUT2D eigenvalue weighted by atomic mass is 79.9. The molecule has 18 heavy (non-hydrogen) atoms. The molecule has 0 radical (unpaired) electrons. The van der Waals surface area contributed by atoms with Crippen LogP contribution in [0.4, 0.5) is 13.2 Å². The Morgan fingerprint density at radius 3 is 2.22 bits per heavy atom. The number of rotatable bonds is 5. The summed E-state index contributed by atoms with van der Waals surface area (Å²) >= 11 is 3.34. The zero-order valence-electron chi connectivity index (χ0n) is 10.4. The molecule has 0 saturated carbocycles. The van der Waals surface area contributed by atoms with Gasteiger partial charge in [-0.25, -0.2) is 0 Å². The molecule has 2 atom stereocenters. The molecule has 102 valence electrons. The Labute approximate surface area is 114 Å². The van der Waals surface area contributed by atoms with Gasteiger partial charge in [0.25, 0.3) is 0 Å². The molecule has 0 saturated heterocycles. The number of hydrogen-bond acceptors (Lipinski definition) is 1. The van der Waals surface area contributed by atoms with Crippen LogP contribution in [0.2, 0.25) is 0 Å². The molecule has 0 aliphatic rings. The van der Waals surface area contributed by atoms with Gasteiger partial charge in [-0.3, -0.25) is 0 Å². The Hall–Kier alpha value is -0.550. The Kier molecular flexibility index (Phi) is 5.66. The molecule has 1 rings (SSSR count). The van der Waals surface area contributed by atoms with Crippen molar-refractivity contribution in [2.24, 2.45) is 0 Å². The summed E-state index contributed by atoms with van der Waals surface area (Å²) in [5, 5.41) is 3.02. The summed E-state index contributed by atoms with van der Waals surface area (Å²) in [7, 11) is 0. The minimum atomic E-state index is -4.12. The summed E-state index contributed by atoms with van der Waals surface area (Å²) in [5.74, 6) is 0. The fourth-order valence-corrected chi connectivity index (χ4v) is 2.16. The molecule has 0 heterocycles. The average Bonchev–Trinajstić information content (AvgIpc) is 2.25. The first-order valence-corrected chi connectivity index (χ1v) is 6.69. The van der Waals surface area contributed by atoms with E-state index < -0.39 is 18.6 Å². The number of hydrogen-bond donors (Lipinski definition) is 1. The normalized spacial score (nSPS) is 15.4. The molecule has 0 fully saturated rings. The lowest BCUT2D eigenvalue weighted by Crippen LogP contribution is -2.34.